The van der Waals surface area contributed by atoms with Crippen molar-refractivity contribution < 1.29 is 34.7 Å². The number of esters is 1. The van der Waals surface area contributed by atoms with E-state index in [1.165, 1.54) is 51.0 Å². The third-order valence-corrected chi connectivity index (χ3v) is 5.48. The lowest BCUT2D eigenvalue weighted by Gasteiger charge is -2.39. The molecular weight excluding hydrogens is 400 g/mol. The Hall–Kier alpha value is -1.25. The molecule has 1 aliphatic rings. The van der Waals surface area contributed by atoms with E-state index in [0.717, 1.165) is 32.1 Å². The zero-order valence-corrected chi connectivity index (χ0v) is 18.9. The second-order valence-electron chi connectivity index (χ2n) is 8.20. The molecule has 0 spiro atoms. The molecule has 7 nitrogen and oxygen atoms in total. The summed E-state index contributed by atoms with van der Waals surface area (Å²) < 4.78 is 9.91. The van der Waals surface area contributed by atoms with E-state index in [-0.39, 0.29) is 0 Å². The van der Waals surface area contributed by atoms with Crippen LogP contribution in [-0.2, 0) is 14.3 Å². The standard InChI is InChI=1S/C24H42O7/c1-2-3-4-5-6-7-8-9-10-11-12-13-14-15-16-17-20(26)31-23-21(27)19(18-25)30-24(29)22(23)28/h9-10,16-17,19,21-25,27-29H,2-8,11-15,18H2,1H3/t19-,21-,22-,23+,24?/m1/s1. The number of rotatable bonds is 16. The van der Waals surface area contributed by atoms with E-state index in [1.54, 1.807) is 6.08 Å². The largest absolute Gasteiger partial charge is 0.453 e. The van der Waals surface area contributed by atoms with Gasteiger partial charge in [-0.05, 0) is 38.5 Å². The molecule has 1 rings (SSSR count). The maximum atomic E-state index is 11.9. The van der Waals surface area contributed by atoms with Crippen molar-refractivity contribution in [3.8, 4) is 0 Å². The van der Waals surface area contributed by atoms with E-state index in [2.05, 4.69) is 19.1 Å². The van der Waals surface area contributed by atoms with Crippen LogP contribution in [0.15, 0.2) is 24.3 Å². The minimum atomic E-state index is -1.64. The molecule has 5 atom stereocenters. The van der Waals surface area contributed by atoms with Crippen molar-refractivity contribution in [1.82, 2.24) is 0 Å². The van der Waals surface area contributed by atoms with Crippen LogP contribution >= 0.6 is 0 Å². The van der Waals surface area contributed by atoms with Crippen molar-refractivity contribution in [2.45, 2.75) is 115 Å². The minimum Gasteiger partial charge on any atom is -0.453 e. The quantitative estimate of drug-likeness (QED) is 0.126. The number of allylic oxidation sites excluding steroid dienone is 3. The van der Waals surface area contributed by atoms with Gasteiger partial charge in [-0.3, -0.25) is 0 Å². The van der Waals surface area contributed by atoms with E-state index in [1.807, 2.05) is 0 Å². The molecular formula is C24H42O7. The topological polar surface area (TPSA) is 116 Å². The van der Waals surface area contributed by atoms with Crippen LogP contribution in [0.1, 0.15) is 84.0 Å². The summed E-state index contributed by atoms with van der Waals surface area (Å²) in [6, 6.07) is 0. The summed E-state index contributed by atoms with van der Waals surface area (Å²) in [5, 5.41) is 38.6. The van der Waals surface area contributed by atoms with Gasteiger partial charge in [0.1, 0.15) is 18.3 Å². The first-order valence-corrected chi connectivity index (χ1v) is 11.8. The maximum Gasteiger partial charge on any atom is 0.330 e. The first-order chi connectivity index (χ1) is 15.0. The van der Waals surface area contributed by atoms with E-state index >= 15 is 0 Å². The van der Waals surface area contributed by atoms with Crippen LogP contribution in [0, 0.1) is 0 Å². The van der Waals surface area contributed by atoms with Gasteiger partial charge in [-0.2, -0.15) is 0 Å². The Morgan fingerprint density at radius 3 is 2.00 bits per heavy atom. The third kappa shape index (κ3) is 11.8. The van der Waals surface area contributed by atoms with E-state index in [9.17, 15) is 20.1 Å². The lowest BCUT2D eigenvalue weighted by atomic mass is 9.99. The van der Waals surface area contributed by atoms with E-state index in [4.69, 9.17) is 14.6 Å². The fourth-order valence-corrected chi connectivity index (χ4v) is 3.54. The van der Waals surface area contributed by atoms with Crippen molar-refractivity contribution in [2.24, 2.45) is 0 Å². The number of aliphatic hydroxyl groups excluding tert-OH is 4. The van der Waals surface area contributed by atoms with Crippen LogP contribution in [0.4, 0.5) is 0 Å². The molecule has 0 aromatic rings. The highest BCUT2D eigenvalue weighted by Gasteiger charge is 2.45. The van der Waals surface area contributed by atoms with Gasteiger partial charge in [0.25, 0.3) is 0 Å². The number of hydrogen-bond acceptors (Lipinski definition) is 7. The summed E-state index contributed by atoms with van der Waals surface area (Å²) in [4.78, 5) is 11.9. The summed E-state index contributed by atoms with van der Waals surface area (Å²) in [5.74, 6) is -0.716. The lowest BCUT2D eigenvalue weighted by molar-refractivity contribution is -0.289. The highest BCUT2D eigenvalue weighted by atomic mass is 16.7. The number of hydrogen-bond donors (Lipinski definition) is 4. The SMILES string of the molecule is CCCCCCCCC=CCCCCCC=CC(=O)O[C@H]1[C@H](O)[C@@H](CO)OC(O)[C@@H]1O. The number of aliphatic hydroxyl groups is 4. The molecule has 4 N–H and O–H groups in total. The highest BCUT2D eigenvalue weighted by molar-refractivity contribution is 5.82. The lowest BCUT2D eigenvalue weighted by Crippen LogP contribution is -2.59. The molecule has 1 unspecified atom stereocenters. The highest BCUT2D eigenvalue weighted by Crippen LogP contribution is 2.22. The average molecular weight is 443 g/mol. The molecule has 0 radical (unpaired) electrons. The van der Waals surface area contributed by atoms with Crippen molar-refractivity contribution in [3.05, 3.63) is 24.3 Å². The van der Waals surface area contributed by atoms with Crippen molar-refractivity contribution >= 4 is 5.97 Å². The maximum absolute atomic E-state index is 11.9. The van der Waals surface area contributed by atoms with Crippen molar-refractivity contribution in [1.29, 1.82) is 0 Å². The van der Waals surface area contributed by atoms with Gasteiger partial charge in [-0.25, -0.2) is 4.79 Å². The van der Waals surface area contributed by atoms with Gasteiger partial charge in [-0.1, -0.05) is 63.7 Å². The van der Waals surface area contributed by atoms with Crippen LogP contribution in [0.5, 0.6) is 0 Å². The predicted molar refractivity (Wildman–Crippen MR) is 119 cm³/mol. The summed E-state index contributed by atoms with van der Waals surface area (Å²) in [5.41, 5.74) is 0. The molecule has 0 bridgehead atoms. The molecule has 1 aliphatic heterocycles. The molecule has 0 aromatic carbocycles. The molecule has 1 fully saturated rings. The minimum absolute atomic E-state index is 0.566. The zero-order valence-electron chi connectivity index (χ0n) is 18.9. The number of ether oxygens (including phenoxy) is 2. The normalized spacial score (nSPS) is 26.7. The zero-order chi connectivity index (χ0) is 22.9. The van der Waals surface area contributed by atoms with Crippen LogP contribution in [0.3, 0.4) is 0 Å². The molecule has 0 amide bonds. The Labute approximate surface area is 186 Å². The summed E-state index contributed by atoms with van der Waals surface area (Å²) in [6.45, 7) is 1.67. The summed E-state index contributed by atoms with van der Waals surface area (Å²) in [6.07, 6.45) is 14.5. The van der Waals surface area contributed by atoms with Crippen LogP contribution < -0.4 is 0 Å². The van der Waals surface area contributed by atoms with Gasteiger partial charge in [0.15, 0.2) is 12.4 Å². The Balaban J connectivity index is 2.08. The fraction of sp³-hybridized carbons (Fsp3) is 0.792. The van der Waals surface area contributed by atoms with Gasteiger partial charge >= 0.3 is 5.97 Å². The van der Waals surface area contributed by atoms with E-state index in [0.29, 0.717) is 0 Å². The molecule has 1 saturated heterocycles. The second-order valence-corrected chi connectivity index (χ2v) is 8.20. The Morgan fingerprint density at radius 1 is 0.839 bits per heavy atom. The van der Waals surface area contributed by atoms with Gasteiger partial charge in [-0.15, -0.1) is 0 Å². The second kappa shape index (κ2) is 17.3. The smallest absolute Gasteiger partial charge is 0.330 e. The molecule has 0 saturated carbocycles. The van der Waals surface area contributed by atoms with Gasteiger partial charge in [0.2, 0.25) is 0 Å². The van der Waals surface area contributed by atoms with Crippen LogP contribution in [0.25, 0.3) is 0 Å². The monoisotopic (exact) mass is 442 g/mol. The number of carbonyl (C=O) groups is 1. The van der Waals surface area contributed by atoms with Gasteiger partial charge in [0.05, 0.1) is 6.61 Å². The molecule has 31 heavy (non-hydrogen) atoms. The number of carbonyl (C=O) groups excluding carboxylic acids is 1. The molecule has 7 heteroatoms. The van der Waals surface area contributed by atoms with Crippen molar-refractivity contribution in [3.63, 3.8) is 0 Å². The molecule has 180 valence electrons. The Morgan fingerprint density at radius 2 is 1.39 bits per heavy atom. The average Bonchev–Trinajstić information content (AvgIpc) is 2.76. The molecule has 0 aliphatic carbocycles. The first kappa shape index (κ1) is 27.8. The van der Waals surface area contributed by atoms with Gasteiger partial charge < -0.3 is 29.9 Å². The fourth-order valence-electron chi connectivity index (χ4n) is 3.54. The van der Waals surface area contributed by atoms with Crippen LogP contribution in [-0.4, -0.2) is 63.7 Å². The Bertz CT molecular complexity index is 520. The van der Waals surface area contributed by atoms with Gasteiger partial charge in [0, 0.05) is 6.08 Å². The summed E-state index contributed by atoms with van der Waals surface area (Å²) >= 11 is 0. The third-order valence-electron chi connectivity index (χ3n) is 5.48. The van der Waals surface area contributed by atoms with E-state index < -0.39 is 43.3 Å². The molecule has 0 aromatic heterocycles. The molecule has 1 heterocycles. The summed E-state index contributed by atoms with van der Waals surface area (Å²) in [7, 11) is 0. The first-order valence-electron chi connectivity index (χ1n) is 11.8. The van der Waals surface area contributed by atoms with Crippen molar-refractivity contribution in [2.75, 3.05) is 6.61 Å². The predicted octanol–water partition coefficient (Wildman–Crippen LogP) is 3.14. The Kier molecular flexibility index (Phi) is 15.5. The van der Waals surface area contributed by atoms with Crippen LogP contribution in [0.2, 0.25) is 0 Å². The number of unbranched alkanes of at least 4 members (excludes halogenated alkanes) is 10.